The van der Waals surface area contributed by atoms with E-state index in [1.807, 2.05) is 42.3 Å². The molecule has 1 atom stereocenters. The smallest absolute Gasteiger partial charge is 0.249 e. The van der Waals surface area contributed by atoms with Crippen molar-refractivity contribution in [3.05, 3.63) is 60.8 Å². The van der Waals surface area contributed by atoms with E-state index in [1.165, 1.54) is 0 Å². The zero-order valence-electron chi connectivity index (χ0n) is 16.6. The molecule has 4 aromatic rings. The van der Waals surface area contributed by atoms with Gasteiger partial charge in [-0.15, -0.1) is 0 Å². The highest BCUT2D eigenvalue weighted by atomic mass is 16.5. The number of hydrogen-bond acceptors (Lipinski definition) is 5. The summed E-state index contributed by atoms with van der Waals surface area (Å²) >= 11 is 0. The zero-order valence-corrected chi connectivity index (χ0v) is 16.6. The average Bonchev–Trinajstić information content (AvgIpc) is 3.43. The van der Waals surface area contributed by atoms with E-state index in [2.05, 4.69) is 58.9 Å². The lowest BCUT2D eigenvalue weighted by Crippen LogP contribution is -2.11. The number of nitrogens with zero attached hydrogens (tertiary/aromatic N) is 6. The molecule has 0 bridgehead atoms. The average molecular weight is 376 g/mol. The Balaban J connectivity index is 1.90. The molecule has 3 heterocycles. The number of aromatic nitrogens is 6. The van der Waals surface area contributed by atoms with Gasteiger partial charge in [-0.2, -0.15) is 10.1 Å². The van der Waals surface area contributed by atoms with E-state index in [0.717, 1.165) is 28.9 Å². The van der Waals surface area contributed by atoms with Crippen LogP contribution >= 0.6 is 0 Å². The van der Waals surface area contributed by atoms with Crippen molar-refractivity contribution in [1.29, 1.82) is 0 Å². The Kier molecular flexibility index (Phi) is 4.81. The monoisotopic (exact) mass is 376 g/mol. The summed E-state index contributed by atoms with van der Waals surface area (Å²) in [5.41, 5.74) is 3.99. The second kappa shape index (κ2) is 7.42. The van der Waals surface area contributed by atoms with Gasteiger partial charge in [0.15, 0.2) is 5.82 Å². The topological polar surface area (TPSA) is 74.6 Å². The lowest BCUT2D eigenvalue weighted by molar-refractivity contribution is 0.331. The highest BCUT2D eigenvalue weighted by molar-refractivity contribution is 5.78. The van der Waals surface area contributed by atoms with Crippen LogP contribution in [0.5, 0.6) is 0 Å². The molecule has 0 aliphatic rings. The van der Waals surface area contributed by atoms with Crippen molar-refractivity contribution in [2.24, 2.45) is 0 Å². The summed E-state index contributed by atoms with van der Waals surface area (Å²) in [6, 6.07) is 10.4. The minimum absolute atomic E-state index is 0.0939. The second-order valence-corrected chi connectivity index (χ2v) is 7.12. The number of benzene rings is 1. The van der Waals surface area contributed by atoms with Crippen LogP contribution in [0.2, 0.25) is 0 Å². The van der Waals surface area contributed by atoms with Crippen LogP contribution in [-0.2, 0) is 0 Å². The predicted molar refractivity (Wildman–Crippen MR) is 107 cm³/mol. The van der Waals surface area contributed by atoms with Crippen molar-refractivity contribution in [2.75, 3.05) is 0 Å². The van der Waals surface area contributed by atoms with E-state index >= 15 is 0 Å². The van der Waals surface area contributed by atoms with Gasteiger partial charge in [-0.3, -0.25) is 4.68 Å². The summed E-state index contributed by atoms with van der Waals surface area (Å²) in [4.78, 5) is 9.22. The third-order valence-corrected chi connectivity index (χ3v) is 4.80. The van der Waals surface area contributed by atoms with Gasteiger partial charge in [-0.1, -0.05) is 42.4 Å². The number of hydrogen-bond donors (Lipinski definition) is 0. The Hall–Kier alpha value is -3.22. The molecule has 0 fully saturated rings. The quantitative estimate of drug-likeness (QED) is 0.488. The van der Waals surface area contributed by atoms with Gasteiger partial charge in [-0.05, 0) is 27.2 Å². The van der Waals surface area contributed by atoms with E-state index in [9.17, 15) is 0 Å². The molecule has 0 spiro atoms. The van der Waals surface area contributed by atoms with E-state index < -0.39 is 0 Å². The van der Waals surface area contributed by atoms with Crippen LogP contribution in [0, 0.1) is 6.92 Å². The molecule has 1 unspecified atom stereocenters. The van der Waals surface area contributed by atoms with Crippen LogP contribution in [0.15, 0.2) is 53.6 Å². The Bertz CT molecular complexity index is 1060. The van der Waals surface area contributed by atoms with Crippen molar-refractivity contribution >= 4 is 0 Å². The zero-order chi connectivity index (χ0) is 19.7. The first-order chi connectivity index (χ1) is 13.6. The normalized spacial score (nSPS) is 12.6. The van der Waals surface area contributed by atoms with Crippen LogP contribution in [-0.4, -0.2) is 29.5 Å². The molecular weight excluding hydrogens is 352 g/mol. The third kappa shape index (κ3) is 3.24. The van der Waals surface area contributed by atoms with Gasteiger partial charge >= 0.3 is 0 Å². The van der Waals surface area contributed by atoms with Crippen molar-refractivity contribution in [3.63, 3.8) is 0 Å². The molecule has 7 nitrogen and oxygen atoms in total. The number of rotatable bonds is 6. The molecule has 0 saturated heterocycles. The van der Waals surface area contributed by atoms with Crippen molar-refractivity contribution in [3.8, 4) is 22.5 Å². The highest BCUT2D eigenvalue weighted by Crippen LogP contribution is 2.35. The predicted octanol–water partition coefficient (Wildman–Crippen LogP) is 4.69. The largest absolute Gasteiger partial charge is 0.337 e. The summed E-state index contributed by atoms with van der Waals surface area (Å²) in [5, 5.41) is 8.50. The van der Waals surface area contributed by atoms with Gasteiger partial charge in [0.1, 0.15) is 6.04 Å². The fraction of sp³-hybridized carbons (Fsp3) is 0.333. The summed E-state index contributed by atoms with van der Waals surface area (Å²) in [6.45, 7) is 8.16. The molecule has 28 heavy (non-hydrogen) atoms. The van der Waals surface area contributed by atoms with Gasteiger partial charge in [0.25, 0.3) is 0 Å². The van der Waals surface area contributed by atoms with Gasteiger partial charge in [-0.25, -0.2) is 4.98 Å². The molecule has 0 amide bonds. The molecule has 0 aliphatic carbocycles. The molecule has 3 aromatic heterocycles. The Morgan fingerprint density at radius 3 is 2.50 bits per heavy atom. The number of imidazole rings is 1. The van der Waals surface area contributed by atoms with E-state index in [4.69, 9.17) is 9.51 Å². The summed E-state index contributed by atoms with van der Waals surface area (Å²) < 4.78 is 9.57. The second-order valence-electron chi connectivity index (χ2n) is 7.12. The molecule has 0 radical (unpaired) electrons. The molecule has 1 aromatic carbocycles. The van der Waals surface area contributed by atoms with Crippen LogP contribution in [0.3, 0.4) is 0 Å². The maximum atomic E-state index is 5.49. The molecule has 7 heteroatoms. The first-order valence-electron chi connectivity index (χ1n) is 9.55. The number of aryl methyl sites for hydroxylation is 1. The summed E-state index contributed by atoms with van der Waals surface area (Å²) in [7, 11) is 0. The first kappa shape index (κ1) is 18.2. The minimum Gasteiger partial charge on any atom is -0.337 e. The van der Waals surface area contributed by atoms with Gasteiger partial charge in [0.2, 0.25) is 5.89 Å². The fourth-order valence-corrected chi connectivity index (χ4v) is 3.37. The molecule has 4 rings (SSSR count). The molecule has 0 saturated carbocycles. The maximum absolute atomic E-state index is 5.49. The van der Waals surface area contributed by atoms with Gasteiger partial charge in [0, 0.05) is 23.4 Å². The van der Waals surface area contributed by atoms with Gasteiger partial charge in [0.05, 0.1) is 23.9 Å². The van der Waals surface area contributed by atoms with E-state index in [1.54, 1.807) is 0 Å². The lowest BCUT2D eigenvalue weighted by Gasteiger charge is -2.16. The van der Waals surface area contributed by atoms with Crippen molar-refractivity contribution in [1.82, 2.24) is 29.5 Å². The van der Waals surface area contributed by atoms with E-state index in [0.29, 0.717) is 11.7 Å². The maximum Gasteiger partial charge on any atom is 0.249 e. The molecular formula is C21H24N6O. The van der Waals surface area contributed by atoms with Crippen molar-refractivity contribution in [2.45, 2.75) is 46.2 Å². The van der Waals surface area contributed by atoms with Crippen LogP contribution in [0.4, 0.5) is 0 Å². The summed E-state index contributed by atoms with van der Waals surface area (Å²) in [6.07, 6.45) is 6.62. The standard InChI is InChI=1S/C21H24N6O/c1-5-18(21-24-15(4)25-28-21)26-13-22-19(16-9-7-6-8-10-16)20(26)17-11-23-27(12-17)14(2)3/h6-14,18H,5H2,1-4H3. The van der Waals surface area contributed by atoms with E-state index in [-0.39, 0.29) is 12.1 Å². The Morgan fingerprint density at radius 1 is 1.11 bits per heavy atom. The van der Waals surface area contributed by atoms with Gasteiger partial charge < -0.3 is 9.09 Å². The minimum atomic E-state index is -0.0939. The SMILES string of the molecule is CCC(c1nc(C)no1)n1cnc(-c2ccccc2)c1-c1cnn(C(C)C)c1. The molecule has 0 aliphatic heterocycles. The Morgan fingerprint density at radius 2 is 1.89 bits per heavy atom. The molecule has 0 N–H and O–H groups in total. The third-order valence-electron chi connectivity index (χ3n) is 4.80. The fourth-order valence-electron chi connectivity index (χ4n) is 3.37. The van der Waals surface area contributed by atoms with Crippen molar-refractivity contribution < 1.29 is 4.52 Å². The highest BCUT2D eigenvalue weighted by Gasteiger charge is 2.25. The van der Waals surface area contributed by atoms with Crippen LogP contribution in [0.25, 0.3) is 22.5 Å². The molecule has 144 valence electrons. The van der Waals surface area contributed by atoms with Crippen LogP contribution in [0.1, 0.15) is 51.0 Å². The van der Waals surface area contributed by atoms with Crippen LogP contribution < -0.4 is 0 Å². The first-order valence-corrected chi connectivity index (χ1v) is 9.55. The lowest BCUT2D eigenvalue weighted by atomic mass is 10.1. The Labute approximate surface area is 164 Å². The summed E-state index contributed by atoms with van der Waals surface area (Å²) in [5.74, 6) is 1.22.